The average molecular weight is 374 g/mol. The lowest BCUT2D eigenvalue weighted by Crippen LogP contribution is -2.15. The highest BCUT2D eigenvalue weighted by Gasteiger charge is 2.10. The number of carbonyl (C=O) groups excluding carboxylic acids is 1. The molecule has 0 atom stereocenters. The lowest BCUT2D eigenvalue weighted by Gasteiger charge is -2.07. The SMILES string of the molecule is O=C(Nc1cc(Cl)cc(Cl)c1)c1ccc(NCc2cccnc2)nn1. The quantitative estimate of drug-likeness (QED) is 0.705. The third-order valence-corrected chi connectivity index (χ3v) is 3.65. The first-order valence-electron chi connectivity index (χ1n) is 7.34. The molecule has 0 aliphatic heterocycles. The smallest absolute Gasteiger partial charge is 0.276 e. The number of pyridine rings is 1. The summed E-state index contributed by atoms with van der Waals surface area (Å²) in [6.07, 6.45) is 3.47. The Morgan fingerprint density at radius 1 is 1.04 bits per heavy atom. The van der Waals surface area contributed by atoms with Crippen LogP contribution < -0.4 is 10.6 Å². The summed E-state index contributed by atoms with van der Waals surface area (Å²) in [6, 6.07) is 11.9. The maximum absolute atomic E-state index is 12.2. The van der Waals surface area contributed by atoms with Gasteiger partial charge in [-0.1, -0.05) is 29.3 Å². The molecule has 0 aliphatic rings. The van der Waals surface area contributed by atoms with E-state index >= 15 is 0 Å². The van der Waals surface area contributed by atoms with Crippen LogP contribution in [0.2, 0.25) is 10.0 Å². The van der Waals surface area contributed by atoms with Crippen LogP contribution in [0.25, 0.3) is 0 Å². The first kappa shape index (κ1) is 17.1. The molecule has 25 heavy (non-hydrogen) atoms. The summed E-state index contributed by atoms with van der Waals surface area (Å²) in [5, 5.41) is 14.6. The minimum Gasteiger partial charge on any atom is -0.364 e. The Balaban J connectivity index is 1.62. The van der Waals surface area contributed by atoms with E-state index in [1.165, 1.54) is 0 Å². The molecule has 0 saturated heterocycles. The summed E-state index contributed by atoms with van der Waals surface area (Å²) in [4.78, 5) is 16.2. The molecule has 0 radical (unpaired) electrons. The van der Waals surface area contributed by atoms with E-state index in [0.717, 1.165) is 5.56 Å². The molecule has 2 aromatic heterocycles. The van der Waals surface area contributed by atoms with E-state index < -0.39 is 5.91 Å². The molecule has 1 amide bonds. The van der Waals surface area contributed by atoms with Crippen LogP contribution in [0, 0.1) is 0 Å². The van der Waals surface area contributed by atoms with Gasteiger partial charge < -0.3 is 10.6 Å². The fourth-order valence-corrected chi connectivity index (χ4v) is 2.59. The number of rotatable bonds is 5. The number of nitrogens with one attached hydrogen (secondary N) is 2. The van der Waals surface area contributed by atoms with Crippen molar-refractivity contribution in [2.45, 2.75) is 6.54 Å². The Hall–Kier alpha value is -2.70. The summed E-state index contributed by atoms with van der Waals surface area (Å²) in [7, 11) is 0. The highest BCUT2D eigenvalue weighted by Crippen LogP contribution is 2.22. The Kier molecular flexibility index (Phi) is 5.42. The van der Waals surface area contributed by atoms with Crippen molar-refractivity contribution in [1.29, 1.82) is 0 Å². The lowest BCUT2D eigenvalue weighted by atomic mass is 10.3. The predicted molar refractivity (Wildman–Crippen MR) is 98.0 cm³/mol. The van der Waals surface area contributed by atoms with E-state index in [-0.39, 0.29) is 5.69 Å². The van der Waals surface area contributed by atoms with Crippen LogP contribution >= 0.6 is 23.2 Å². The third kappa shape index (κ3) is 4.89. The second-order valence-corrected chi connectivity index (χ2v) is 6.00. The van der Waals surface area contributed by atoms with Crippen molar-refractivity contribution in [2.24, 2.45) is 0 Å². The number of aromatic nitrogens is 3. The fourth-order valence-electron chi connectivity index (χ4n) is 2.06. The fraction of sp³-hybridized carbons (Fsp3) is 0.0588. The van der Waals surface area contributed by atoms with Crippen molar-refractivity contribution in [1.82, 2.24) is 15.2 Å². The first-order valence-corrected chi connectivity index (χ1v) is 8.10. The van der Waals surface area contributed by atoms with Gasteiger partial charge in [-0.15, -0.1) is 10.2 Å². The number of hydrogen-bond acceptors (Lipinski definition) is 5. The zero-order chi connectivity index (χ0) is 17.6. The van der Waals surface area contributed by atoms with E-state index in [2.05, 4.69) is 25.8 Å². The van der Waals surface area contributed by atoms with Crippen molar-refractivity contribution in [3.8, 4) is 0 Å². The standard InChI is InChI=1S/C17H13Cl2N5O/c18-12-6-13(19)8-14(7-12)22-17(25)15-3-4-16(24-23-15)21-10-11-2-1-5-20-9-11/h1-9H,10H2,(H,21,24)(H,22,25). The third-order valence-electron chi connectivity index (χ3n) is 3.21. The van der Waals surface area contributed by atoms with Gasteiger partial charge in [0.05, 0.1) is 0 Å². The summed E-state index contributed by atoms with van der Waals surface area (Å²) in [5.41, 5.74) is 1.69. The van der Waals surface area contributed by atoms with Crippen LogP contribution in [0.5, 0.6) is 0 Å². The maximum atomic E-state index is 12.2. The molecule has 126 valence electrons. The van der Waals surface area contributed by atoms with Gasteiger partial charge in [0.1, 0.15) is 5.82 Å². The Morgan fingerprint density at radius 2 is 1.84 bits per heavy atom. The van der Waals surface area contributed by atoms with E-state index in [0.29, 0.717) is 28.1 Å². The second kappa shape index (κ2) is 7.92. The number of anilines is 2. The molecule has 0 aliphatic carbocycles. The second-order valence-electron chi connectivity index (χ2n) is 5.13. The minimum atomic E-state index is -0.398. The lowest BCUT2D eigenvalue weighted by molar-refractivity contribution is 0.102. The van der Waals surface area contributed by atoms with Crippen LogP contribution in [0.15, 0.2) is 54.9 Å². The molecule has 2 N–H and O–H groups in total. The largest absolute Gasteiger partial charge is 0.364 e. The molecule has 0 fully saturated rings. The van der Waals surface area contributed by atoms with Gasteiger partial charge in [0.2, 0.25) is 0 Å². The van der Waals surface area contributed by atoms with Gasteiger partial charge in [-0.05, 0) is 42.0 Å². The van der Waals surface area contributed by atoms with E-state index in [4.69, 9.17) is 23.2 Å². The van der Waals surface area contributed by atoms with Crippen molar-refractivity contribution >= 4 is 40.6 Å². The van der Waals surface area contributed by atoms with E-state index in [9.17, 15) is 4.79 Å². The average Bonchev–Trinajstić information content (AvgIpc) is 2.60. The van der Waals surface area contributed by atoms with Crippen molar-refractivity contribution < 1.29 is 4.79 Å². The molecule has 3 rings (SSSR count). The van der Waals surface area contributed by atoms with Gasteiger partial charge in [-0.2, -0.15) is 0 Å². The maximum Gasteiger partial charge on any atom is 0.276 e. The van der Waals surface area contributed by atoms with Crippen LogP contribution in [-0.2, 0) is 6.54 Å². The monoisotopic (exact) mass is 373 g/mol. The molecule has 0 spiro atoms. The number of halogens is 2. The van der Waals surface area contributed by atoms with Gasteiger partial charge in [0.25, 0.3) is 5.91 Å². The van der Waals surface area contributed by atoms with Crippen LogP contribution in [-0.4, -0.2) is 21.1 Å². The summed E-state index contributed by atoms with van der Waals surface area (Å²) in [6.45, 7) is 0.565. The molecule has 0 unspecified atom stereocenters. The number of benzene rings is 1. The molecule has 6 nitrogen and oxygen atoms in total. The molecule has 8 heteroatoms. The molecule has 1 aromatic carbocycles. The molecule has 2 heterocycles. The molecular weight excluding hydrogens is 361 g/mol. The summed E-state index contributed by atoms with van der Waals surface area (Å²) in [5.74, 6) is 0.163. The first-order chi connectivity index (χ1) is 12.1. The highest BCUT2D eigenvalue weighted by molar-refractivity contribution is 6.35. The Labute approximate surface area is 154 Å². The Morgan fingerprint density at radius 3 is 2.48 bits per heavy atom. The summed E-state index contributed by atoms with van der Waals surface area (Å²) >= 11 is 11.8. The topological polar surface area (TPSA) is 79.8 Å². The van der Waals surface area contributed by atoms with Crippen LogP contribution in [0.1, 0.15) is 16.1 Å². The number of nitrogens with zero attached hydrogens (tertiary/aromatic N) is 3. The summed E-state index contributed by atoms with van der Waals surface area (Å²) < 4.78 is 0. The minimum absolute atomic E-state index is 0.183. The zero-order valence-electron chi connectivity index (χ0n) is 12.9. The Bertz CT molecular complexity index is 852. The van der Waals surface area contributed by atoms with Crippen molar-refractivity contribution in [3.63, 3.8) is 0 Å². The number of hydrogen-bond donors (Lipinski definition) is 2. The van der Waals surface area contributed by atoms with Gasteiger partial charge >= 0.3 is 0 Å². The molecular formula is C17H13Cl2N5O. The van der Waals surface area contributed by atoms with Gasteiger partial charge in [0, 0.05) is 34.7 Å². The number of carbonyl (C=O) groups is 1. The molecule has 3 aromatic rings. The van der Waals surface area contributed by atoms with Crippen LogP contribution in [0.3, 0.4) is 0 Å². The normalized spacial score (nSPS) is 10.3. The zero-order valence-corrected chi connectivity index (χ0v) is 14.4. The van der Waals surface area contributed by atoms with Crippen molar-refractivity contribution in [3.05, 3.63) is 76.2 Å². The van der Waals surface area contributed by atoms with Crippen molar-refractivity contribution in [2.75, 3.05) is 10.6 Å². The highest BCUT2D eigenvalue weighted by atomic mass is 35.5. The molecule has 0 bridgehead atoms. The van der Waals surface area contributed by atoms with Gasteiger partial charge in [0.15, 0.2) is 5.69 Å². The van der Waals surface area contributed by atoms with Gasteiger partial charge in [-0.25, -0.2) is 0 Å². The predicted octanol–water partition coefficient (Wildman–Crippen LogP) is 4.04. The van der Waals surface area contributed by atoms with E-state index in [1.54, 1.807) is 42.7 Å². The van der Waals surface area contributed by atoms with Crippen LogP contribution in [0.4, 0.5) is 11.5 Å². The van der Waals surface area contributed by atoms with E-state index in [1.807, 2.05) is 12.1 Å². The van der Waals surface area contributed by atoms with Gasteiger partial charge in [-0.3, -0.25) is 9.78 Å². The number of amides is 1. The molecule has 0 saturated carbocycles.